The largest absolute Gasteiger partial charge is 0.338 e. The van der Waals surface area contributed by atoms with E-state index < -0.39 is 0 Å². The Balaban J connectivity index is 2.37. The van der Waals surface area contributed by atoms with E-state index in [-0.39, 0.29) is 6.03 Å². The Labute approximate surface area is 90.1 Å². The minimum atomic E-state index is -0.137. The van der Waals surface area contributed by atoms with Crippen LogP contribution in [0, 0.1) is 6.92 Å². The summed E-state index contributed by atoms with van der Waals surface area (Å²) in [5, 5.41) is 5.51. The standard InChI is InChI=1S/C11H17N3O/c1-3-6-13-11(15)14-8-10-9(2)5-4-7-12-10/h4-5,7H,3,6,8H2,1-2H3,(H2,13,14,15). The number of carbonyl (C=O) groups excluding carboxylic acids is 1. The predicted octanol–water partition coefficient (Wildman–Crippen LogP) is 1.60. The Kier molecular flexibility index (Phi) is 4.60. The molecule has 0 aliphatic heterocycles. The first-order chi connectivity index (χ1) is 7.24. The van der Waals surface area contributed by atoms with Gasteiger partial charge >= 0.3 is 6.03 Å². The summed E-state index contributed by atoms with van der Waals surface area (Å²) >= 11 is 0. The van der Waals surface area contributed by atoms with E-state index in [9.17, 15) is 4.79 Å². The van der Waals surface area contributed by atoms with Gasteiger partial charge in [0.2, 0.25) is 0 Å². The second-order valence-electron chi connectivity index (χ2n) is 3.38. The van der Waals surface area contributed by atoms with E-state index in [1.54, 1.807) is 6.20 Å². The predicted molar refractivity (Wildman–Crippen MR) is 59.5 cm³/mol. The third-order valence-electron chi connectivity index (χ3n) is 2.07. The Morgan fingerprint density at radius 2 is 2.27 bits per heavy atom. The molecule has 1 heterocycles. The SMILES string of the molecule is CCCNC(=O)NCc1ncccc1C. The van der Waals surface area contributed by atoms with Crippen molar-refractivity contribution in [2.45, 2.75) is 26.8 Å². The average molecular weight is 207 g/mol. The highest BCUT2D eigenvalue weighted by molar-refractivity contribution is 5.73. The van der Waals surface area contributed by atoms with Crippen LogP contribution in [0.25, 0.3) is 0 Å². The van der Waals surface area contributed by atoms with Crippen LogP contribution in [0.15, 0.2) is 18.3 Å². The fourth-order valence-corrected chi connectivity index (χ4v) is 1.17. The van der Waals surface area contributed by atoms with Crippen molar-refractivity contribution in [1.82, 2.24) is 15.6 Å². The summed E-state index contributed by atoms with van der Waals surface area (Å²) in [4.78, 5) is 15.4. The van der Waals surface area contributed by atoms with Gasteiger partial charge in [-0.15, -0.1) is 0 Å². The van der Waals surface area contributed by atoms with Gasteiger partial charge in [0.1, 0.15) is 0 Å². The second-order valence-corrected chi connectivity index (χ2v) is 3.38. The van der Waals surface area contributed by atoms with E-state index in [0.717, 1.165) is 17.7 Å². The van der Waals surface area contributed by atoms with Crippen LogP contribution in [0.2, 0.25) is 0 Å². The minimum absolute atomic E-state index is 0.137. The number of aromatic nitrogens is 1. The van der Waals surface area contributed by atoms with Crippen molar-refractivity contribution < 1.29 is 4.79 Å². The van der Waals surface area contributed by atoms with Gasteiger partial charge in [0.05, 0.1) is 12.2 Å². The van der Waals surface area contributed by atoms with Gasteiger partial charge in [0.15, 0.2) is 0 Å². The van der Waals surface area contributed by atoms with E-state index in [0.29, 0.717) is 13.1 Å². The van der Waals surface area contributed by atoms with E-state index in [4.69, 9.17) is 0 Å². The summed E-state index contributed by atoms with van der Waals surface area (Å²) in [6.45, 7) is 5.17. The maximum Gasteiger partial charge on any atom is 0.315 e. The molecule has 0 bridgehead atoms. The normalized spacial score (nSPS) is 9.73. The molecule has 0 unspecified atom stereocenters. The zero-order chi connectivity index (χ0) is 11.1. The molecule has 1 aromatic heterocycles. The molecule has 0 atom stereocenters. The second kappa shape index (κ2) is 6.01. The summed E-state index contributed by atoms with van der Waals surface area (Å²) < 4.78 is 0. The smallest absolute Gasteiger partial charge is 0.315 e. The molecule has 82 valence electrons. The number of amides is 2. The molecule has 4 nitrogen and oxygen atoms in total. The van der Waals surface area contributed by atoms with Crippen molar-refractivity contribution in [2.24, 2.45) is 0 Å². The van der Waals surface area contributed by atoms with Crippen LogP contribution in [0.1, 0.15) is 24.6 Å². The maximum absolute atomic E-state index is 11.2. The van der Waals surface area contributed by atoms with Gasteiger partial charge in [-0.3, -0.25) is 4.98 Å². The van der Waals surface area contributed by atoms with Gasteiger partial charge in [-0.2, -0.15) is 0 Å². The fraction of sp³-hybridized carbons (Fsp3) is 0.455. The first kappa shape index (κ1) is 11.5. The van der Waals surface area contributed by atoms with Crippen molar-refractivity contribution in [2.75, 3.05) is 6.54 Å². The van der Waals surface area contributed by atoms with Crippen LogP contribution < -0.4 is 10.6 Å². The highest BCUT2D eigenvalue weighted by atomic mass is 16.2. The number of carbonyl (C=O) groups is 1. The Hall–Kier alpha value is -1.58. The molecular weight excluding hydrogens is 190 g/mol. The molecule has 1 aromatic rings. The Morgan fingerprint density at radius 3 is 2.93 bits per heavy atom. The highest BCUT2D eigenvalue weighted by Crippen LogP contribution is 2.01. The summed E-state index contributed by atoms with van der Waals surface area (Å²) in [5.74, 6) is 0. The third kappa shape index (κ3) is 3.97. The van der Waals surface area contributed by atoms with Crippen LogP contribution in [0.5, 0.6) is 0 Å². The lowest BCUT2D eigenvalue weighted by molar-refractivity contribution is 0.240. The lowest BCUT2D eigenvalue weighted by atomic mass is 10.2. The van der Waals surface area contributed by atoms with Gasteiger partial charge in [-0.1, -0.05) is 13.0 Å². The topological polar surface area (TPSA) is 54.0 Å². The first-order valence-electron chi connectivity index (χ1n) is 5.16. The Bertz CT molecular complexity index is 325. The molecule has 2 amide bonds. The zero-order valence-electron chi connectivity index (χ0n) is 9.21. The molecule has 0 aromatic carbocycles. The van der Waals surface area contributed by atoms with Gasteiger partial charge in [0.25, 0.3) is 0 Å². The zero-order valence-corrected chi connectivity index (χ0v) is 9.21. The lowest BCUT2D eigenvalue weighted by Crippen LogP contribution is -2.35. The number of pyridine rings is 1. The molecule has 0 spiro atoms. The lowest BCUT2D eigenvalue weighted by Gasteiger charge is -2.07. The summed E-state index contributed by atoms with van der Waals surface area (Å²) in [5.41, 5.74) is 2.00. The van der Waals surface area contributed by atoms with E-state index in [2.05, 4.69) is 15.6 Å². The molecule has 15 heavy (non-hydrogen) atoms. The summed E-state index contributed by atoms with van der Waals surface area (Å²) in [7, 11) is 0. The van der Waals surface area contributed by atoms with Crippen LogP contribution >= 0.6 is 0 Å². The highest BCUT2D eigenvalue weighted by Gasteiger charge is 2.01. The summed E-state index contributed by atoms with van der Waals surface area (Å²) in [6, 6.07) is 3.73. The fourth-order valence-electron chi connectivity index (χ4n) is 1.17. The van der Waals surface area contributed by atoms with Gasteiger partial charge < -0.3 is 10.6 Å². The van der Waals surface area contributed by atoms with Crippen molar-refractivity contribution in [1.29, 1.82) is 0 Å². The molecule has 0 saturated carbocycles. The van der Waals surface area contributed by atoms with Crippen molar-refractivity contribution >= 4 is 6.03 Å². The molecular formula is C11H17N3O. The van der Waals surface area contributed by atoms with Crippen LogP contribution in [0.3, 0.4) is 0 Å². The first-order valence-corrected chi connectivity index (χ1v) is 5.16. The molecule has 0 aliphatic rings. The van der Waals surface area contributed by atoms with E-state index in [1.165, 1.54) is 0 Å². The van der Waals surface area contributed by atoms with Crippen LogP contribution in [-0.4, -0.2) is 17.6 Å². The molecule has 1 rings (SSSR count). The molecule has 4 heteroatoms. The van der Waals surface area contributed by atoms with Crippen molar-refractivity contribution in [3.63, 3.8) is 0 Å². The van der Waals surface area contributed by atoms with E-state index >= 15 is 0 Å². The number of urea groups is 1. The number of aryl methyl sites for hydroxylation is 1. The maximum atomic E-state index is 11.2. The number of rotatable bonds is 4. The average Bonchev–Trinajstić information content (AvgIpc) is 2.25. The van der Waals surface area contributed by atoms with Gasteiger partial charge in [-0.25, -0.2) is 4.79 Å². The number of nitrogens with one attached hydrogen (secondary N) is 2. The molecule has 0 saturated heterocycles. The molecule has 0 aliphatic carbocycles. The van der Waals surface area contributed by atoms with E-state index in [1.807, 2.05) is 26.0 Å². The van der Waals surface area contributed by atoms with Crippen LogP contribution in [-0.2, 0) is 6.54 Å². The molecule has 0 fully saturated rings. The number of hydrogen-bond donors (Lipinski definition) is 2. The minimum Gasteiger partial charge on any atom is -0.338 e. The quantitative estimate of drug-likeness (QED) is 0.788. The van der Waals surface area contributed by atoms with Gasteiger partial charge in [-0.05, 0) is 25.0 Å². The van der Waals surface area contributed by atoms with Gasteiger partial charge in [0, 0.05) is 12.7 Å². The molecule has 2 N–H and O–H groups in total. The Morgan fingerprint density at radius 1 is 1.47 bits per heavy atom. The van der Waals surface area contributed by atoms with Crippen molar-refractivity contribution in [3.05, 3.63) is 29.6 Å². The third-order valence-corrected chi connectivity index (χ3v) is 2.07. The monoisotopic (exact) mass is 207 g/mol. The summed E-state index contributed by atoms with van der Waals surface area (Å²) in [6.07, 6.45) is 2.67. The van der Waals surface area contributed by atoms with Crippen molar-refractivity contribution in [3.8, 4) is 0 Å². The number of nitrogens with zero attached hydrogens (tertiary/aromatic N) is 1. The number of hydrogen-bond acceptors (Lipinski definition) is 2. The van der Waals surface area contributed by atoms with Crippen LogP contribution in [0.4, 0.5) is 4.79 Å². The molecule has 0 radical (unpaired) electrons.